The van der Waals surface area contributed by atoms with E-state index >= 15 is 0 Å². The van der Waals surface area contributed by atoms with Gasteiger partial charge in [-0.15, -0.1) is 11.8 Å². The smallest absolute Gasteiger partial charge is 0.352 e. The predicted octanol–water partition coefficient (Wildman–Crippen LogP) is -0.462. The lowest BCUT2D eigenvalue weighted by molar-refractivity contribution is -0.158. The highest BCUT2D eigenvalue weighted by molar-refractivity contribution is 8.02. The van der Waals surface area contributed by atoms with Crippen LogP contribution in [0.3, 0.4) is 0 Å². The van der Waals surface area contributed by atoms with Gasteiger partial charge in [0.15, 0.2) is 0 Å². The molecule has 0 aliphatic carbocycles. The van der Waals surface area contributed by atoms with Gasteiger partial charge < -0.3 is 20.4 Å². The number of nitrogens with one attached hydrogen (secondary N) is 2. The molecule has 3 fully saturated rings. The number of carbonyl (C=O) groups is 3. The van der Waals surface area contributed by atoms with E-state index in [9.17, 15) is 24.6 Å². The quantitative estimate of drug-likeness (QED) is 0.235. The van der Waals surface area contributed by atoms with Crippen molar-refractivity contribution < 1.29 is 24.6 Å². The van der Waals surface area contributed by atoms with Gasteiger partial charge in [-0.2, -0.15) is 0 Å². The summed E-state index contributed by atoms with van der Waals surface area (Å²) in [6.45, 7) is 6.90. The Morgan fingerprint density at radius 3 is 2.56 bits per heavy atom. The molecular weight excluding hydrogens is 434 g/mol. The second-order valence-corrected chi connectivity index (χ2v) is 11.0. The molecular formula is C21H31N5O5S. The standard InChI is InChI=1S/C21H31N5O5S/c1-10-5-16(19(29)30)26-17(10)21(11(2)27,20(26)31)32-14-6-15(24(4)9-14)18(28)25-7-13(8-25)23-12(3)22/h5,10-11,13-15,17,27H,6-9H2,1-4H3,(H2,22,23)(H,29,30)/t10?,11?,14?,15?,17-,21?/m0/s1. The van der Waals surface area contributed by atoms with E-state index in [0.29, 0.717) is 31.9 Å². The van der Waals surface area contributed by atoms with Gasteiger partial charge in [-0.25, -0.2) is 4.79 Å². The van der Waals surface area contributed by atoms with Gasteiger partial charge in [0.1, 0.15) is 10.4 Å². The van der Waals surface area contributed by atoms with Gasteiger partial charge >= 0.3 is 5.97 Å². The normalized spacial score (nSPS) is 35.7. The van der Waals surface area contributed by atoms with Crippen molar-refractivity contribution in [3.05, 3.63) is 11.8 Å². The fraction of sp³-hybridized carbons (Fsp3) is 0.714. The molecule has 32 heavy (non-hydrogen) atoms. The first-order valence-electron chi connectivity index (χ1n) is 10.9. The van der Waals surface area contributed by atoms with Crippen LogP contribution in [0.2, 0.25) is 0 Å². The number of nitrogens with zero attached hydrogens (tertiary/aromatic N) is 3. The van der Waals surface area contributed by atoms with Crippen molar-refractivity contribution in [2.75, 3.05) is 26.7 Å². The molecule has 2 amide bonds. The number of rotatable bonds is 6. The van der Waals surface area contributed by atoms with Crippen molar-refractivity contribution in [2.45, 2.75) is 61.4 Å². The van der Waals surface area contributed by atoms with Crippen LogP contribution in [0.1, 0.15) is 27.2 Å². The zero-order valence-electron chi connectivity index (χ0n) is 18.7. The van der Waals surface area contributed by atoms with E-state index in [1.807, 2.05) is 18.9 Å². The van der Waals surface area contributed by atoms with E-state index in [0.717, 1.165) is 0 Å². The zero-order valence-corrected chi connectivity index (χ0v) is 19.6. The number of amides is 2. The molecule has 3 saturated heterocycles. The van der Waals surface area contributed by atoms with Crippen LogP contribution in [-0.2, 0) is 14.4 Å². The van der Waals surface area contributed by atoms with Crippen molar-refractivity contribution in [3.63, 3.8) is 0 Å². The molecule has 0 radical (unpaired) electrons. The summed E-state index contributed by atoms with van der Waals surface area (Å²) in [6, 6.07) is -0.580. The minimum Gasteiger partial charge on any atom is -0.477 e. The molecule has 0 aromatic rings. The van der Waals surface area contributed by atoms with Crippen LogP contribution in [0.4, 0.5) is 0 Å². The molecule has 4 aliphatic rings. The largest absolute Gasteiger partial charge is 0.477 e. The number of thioether (sulfide) groups is 1. The van der Waals surface area contributed by atoms with Gasteiger partial charge in [0.25, 0.3) is 0 Å². The van der Waals surface area contributed by atoms with Gasteiger partial charge in [0.2, 0.25) is 11.8 Å². The van der Waals surface area contributed by atoms with Crippen LogP contribution in [0.25, 0.3) is 0 Å². The van der Waals surface area contributed by atoms with Crippen molar-refractivity contribution in [1.82, 2.24) is 20.0 Å². The number of likely N-dealkylation sites (tertiary alicyclic amines) is 2. The topological polar surface area (TPSA) is 137 Å². The van der Waals surface area contributed by atoms with Crippen LogP contribution in [0.5, 0.6) is 0 Å². The summed E-state index contributed by atoms with van der Waals surface area (Å²) in [7, 11) is 1.90. The molecule has 0 spiro atoms. The fourth-order valence-electron chi connectivity index (χ4n) is 5.56. The maximum Gasteiger partial charge on any atom is 0.352 e. The lowest BCUT2D eigenvalue weighted by Gasteiger charge is -2.56. The number of carbonyl (C=O) groups excluding carboxylic acids is 2. The average Bonchev–Trinajstić information content (AvgIpc) is 3.19. The zero-order chi connectivity index (χ0) is 23.5. The Morgan fingerprint density at radius 1 is 1.34 bits per heavy atom. The summed E-state index contributed by atoms with van der Waals surface area (Å²) in [6.07, 6.45) is 1.21. The SMILES string of the molecule is CC(=N)NC1CN(C(=O)C2CC(SC3(C(C)O)C(=O)N4C(C(=O)O)=CC(C)[C@H]43)CN2C)C1. The molecule has 10 nitrogen and oxygen atoms in total. The molecule has 4 rings (SSSR count). The number of aliphatic hydroxyl groups excluding tert-OH is 1. The number of amidine groups is 1. The van der Waals surface area contributed by atoms with Crippen LogP contribution in [-0.4, -0.2) is 109 Å². The highest BCUT2D eigenvalue weighted by Gasteiger charge is 2.69. The monoisotopic (exact) mass is 465 g/mol. The number of aliphatic hydroxyl groups is 1. The van der Waals surface area contributed by atoms with Gasteiger partial charge in [0.05, 0.1) is 30.1 Å². The van der Waals surface area contributed by atoms with E-state index in [1.165, 1.54) is 16.7 Å². The summed E-state index contributed by atoms with van der Waals surface area (Å²) in [4.78, 5) is 42.8. The first kappa shape index (κ1) is 23.1. The number of aliphatic carboxylic acids is 1. The number of fused-ring (bicyclic) bond motifs is 1. The lowest BCUT2D eigenvalue weighted by Crippen LogP contribution is -2.76. The van der Waals surface area contributed by atoms with Gasteiger partial charge in [-0.05, 0) is 39.3 Å². The number of likely N-dealkylation sites (N-methyl/N-ethyl adjacent to an activating group) is 1. The minimum absolute atomic E-state index is 0.0120. The van der Waals surface area contributed by atoms with Crippen molar-refractivity contribution in [3.8, 4) is 0 Å². The second-order valence-electron chi connectivity index (χ2n) is 9.45. The van der Waals surface area contributed by atoms with Crippen molar-refractivity contribution in [2.24, 2.45) is 5.92 Å². The second kappa shape index (κ2) is 8.03. The summed E-state index contributed by atoms with van der Waals surface area (Å²) < 4.78 is -1.11. The Kier molecular flexibility index (Phi) is 5.79. The number of carboxylic acids is 1. The highest BCUT2D eigenvalue weighted by Crippen LogP contribution is 2.55. The first-order valence-corrected chi connectivity index (χ1v) is 11.8. The molecule has 0 aromatic carbocycles. The van der Waals surface area contributed by atoms with Crippen LogP contribution in [0.15, 0.2) is 11.8 Å². The highest BCUT2D eigenvalue weighted by atomic mass is 32.2. The molecule has 4 heterocycles. The third-order valence-electron chi connectivity index (χ3n) is 7.06. The Hall–Kier alpha value is -2.11. The molecule has 176 valence electrons. The van der Waals surface area contributed by atoms with E-state index in [4.69, 9.17) is 5.41 Å². The van der Waals surface area contributed by atoms with Gasteiger partial charge in [0, 0.05) is 24.9 Å². The third-order valence-corrected chi connectivity index (χ3v) is 8.88. The molecule has 4 N–H and O–H groups in total. The Bertz CT molecular complexity index is 888. The number of hydrogen-bond acceptors (Lipinski definition) is 7. The van der Waals surface area contributed by atoms with E-state index in [1.54, 1.807) is 24.8 Å². The molecule has 0 bridgehead atoms. The molecule has 0 aromatic heterocycles. The summed E-state index contributed by atoms with van der Waals surface area (Å²) >= 11 is 1.40. The maximum atomic E-state index is 13.2. The lowest BCUT2D eigenvalue weighted by atomic mass is 9.78. The molecule has 0 saturated carbocycles. The van der Waals surface area contributed by atoms with E-state index in [-0.39, 0.29) is 40.8 Å². The Labute approximate surface area is 191 Å². The third kappa shape index (κ3) is 3.41. The fourth-order valence-corrected chi connectivity index (χ4v) is 7.56. The van der Waals surface area contributed by atoms with Crippen LogP contribution in [0, 0.1) is 11.3 Å². The predicted molar refractivity (Wildman–Crippen MR) is 119 cm³/mol. The number of β-lactam (4-membered cyclic amide) rings is 1. The molecule has 5 unspecified atom stereocenters. The van der Waals surface area contributed by atoms with Crippen LogP contribution < -0.4 is 5.32 Å². The van der Waals surface area contributed by atoms with Gasteiger partial charge in [-0.3, -0.25) is 24.8 Å². The maximum absolute atomic E-state index is 13.2. The number of hydrogen-bond donors (Lipinski definition) is 4. The van der Waals surface area contributed by atoms with E-state index < -0.39 is 22.9 Å². The number of carboxylic acid groups (broad SMARTS) is 1. The van der Waals surface area contributed by atoms with Crippen molar-refractivity contribution >= 4 is 35.4 Å². The molecule has 11 heteroatoms. The summed E-state index contributed by atoms with van der Waals surface area (Å²) in [5.41, 5.74) is -0.0120. The van der Waals surface area contributed by atoms with Crippen LogP contribution >= 0.6 is 11.8 Å². The Balaban J connectivity index is 1.43. The van der Waals surface area contributed by atoms with Gasteiger partial charge in [-0.1, -0.05) is 6.92 Å². The molecule has 4 aliphatic heterocycles. The van der Waals surface area contributed by atoms with Crippen molar-refractivity contribution in [1.29, 1.82) is 5.41 Å². The average molecular weight is 466 g/mol. The first-order chi connectivity index (χ1) is 15.0. The summed E-state index contributed by atoms with van der Waals surface area (Å²) in [5.74, 6) is -1.24. The minimum atomic E-state index is -1.14. The summed E-state index contributed by atoms with van der Waals surface area (Å²) in [5, 5.41) is 30.6. The van der Waals surface area contributed by atoms with E-state index in [2.05, 4.69) is 5.32 Å². The molecule has 6 atom stereocenters. The Morgan fingerprint density at radius 2 is 2.00 bits per heavy atom.